The van der Waals surface area contributed by atoms with Crippen LogP contribution in [-0.4, -0.2) is 179 Å². The number of fused-ring (bicyclic) bond motifs is 8. The number of piperazine rings is 1. The number of anilines is 2. The third-order valence-corrected chi connectivity index (χ3v) is 22.4. The van der Waals surface area contributed by atoms with Gasteiger partial charge in [0.2, 0.25) is 30.2 Å². The number of aliphatic hydroxyl groups is 2. The summed E-state index contributed by atoms with van der Waals surface area (Å²) in [5.41, 5.74) is -4.60. The van der Waals surface area contributed by atoms with Crippen molar-refractivity contribution in [3.63, 3.8) is 0 Å². The summed E-state index contributed by atoms with van der Waals surface area (Å²) in [6.45, 7) is 4.07. The van der Waals surface area contributed by atoms with Crippen LogP contribution in [0, 0.1) is 46.1 Å². The lowest BCUT2D eigenvalue weighted by atomic mass is 9.46. The zero-order valence-electron chi connectivity index (χ0n) is 54.5. The Morgan fingerprint density at radius 1 is 0.691 bits per heavy atom. The molecule has 0 bridgehead atoms. The Balaban J connectivity index is 0.594. The van der Waals surface area contributed by atoms with Gasteiger partial charge >= 0.3 is 36.1 Å². The molecule has 10 atom stereocenters. The Morgan fingerprint density at radius 2 is 1.29 bits per heavy atom. The molecule has 0 spiro atoms. The van der Waals surface area contributed by atoms with E-state index < -0.39 is 143 Å². The minimum Gasteiger partial charge on any atom is -0.492 e. The molecule has 13 rings (SSSR count). The summed E-state index contributed by atoms with van der Waals surface area (Å²) in [6.07, 6.45) is 10.2. The van der Waals surface area contributed by atoms with Gasteiger partial charge in [0.05, 0.1) is 61.0 Å². The highest BCUT2D eigenvalue weighted by Crippen LogP contribution is 2.67. The van der Waals surface area contributed by atoms with E-state index in [1.165, 1.54) is 42.5 Å². The number of hydrogen-bond donors (Lipinski definition) is 3. The third kappa shape index (κ3) is 11.6. The zero-order chi connectivity index (χ0) is 68.9. The minimum absolute atomic E-state index is 0.0190. The molecule has 3 unspecified atom stereocenters. The number of carbonyl (C=O) groups is 8. The highest BCUT2D eigenvalue weighted by molar-refractivity contribution is 6.02. The number of aromatic nitrogens is 2. The molecule has 97 heavy (non-hydrogen) atoms. The molecule has 3 aliphatic heterocycles. The standard InChI is InChI=1S/C69H78F2N6O20/c1-35-27-72(57-47(70)24-42-55(61(57)91-4)76(38-9-10-38)29-44(59(42)83)63(85)86)21-22-74(35)65(88)96-34-97-66(89)75-20-6-7-36-28-73(31-49(36)75)58-48(71)25-43-56(62(58)92-5)77(39-11-12-39)30-45(60(43)84)64(87)95-33-94-53(82)15-14-52(81)93-32-51(80)69(90)19-17-46-41-13-8-37-23-40(78)16-18-67(37,2)54(41)50(79)26-68(46,69)3/h16,18,23-25,29-30,35-36,38-39,41,46,49-50,54,79,90H,6-15,17,19-22,26-28,31-34H2,1-5H3,(H,85,86)/t35?,36?,41-,46-,49?,50-,54+,67-,68-,69-/m0/s1. The fourth-order valence-corrected chi connectivity index (χ4v) is 17.4. The number of hydrogen-bond acceptors (Lipinski definition) is 21. The Morgan fingerprint density at radius 3 is 1.91 bits per heavy atom. The number of amides is 2. The molecule has 2 aromatic heterocycles. The van der Waals surface area contributed by atoms with Crippen molar-refractivity contribution < 1.29 is 95.6 Å². The summed E-state index contributed by atoms with van der Waals surface area (Å²) in [4.78, 5) is 138. The molecule has 9 aliphatic rings. The second kappa shape index (κ2) is 25.5. The molecule has 2 amide bonds. The molecule has 0 radical (unpaired) electrons. The maximum absolute atomic E-state index is 16.8. The van der Waals surface area contributed by atoms with E-state index in [9.17, 15) is 63.3 Å². The SMILES string of the molecule is COc1c(N2CCN(C(=O)OCOC(=O)N3CCCC4CN(c5c(F)cc6c(=O)c(C(=O)OCOC(=O)CCC(=O)OCC(=O)[C@@]7(O)CC[C@H]8[C@@H]9CCC%10=CC(=O)C=C[C@]%10(C)[C@H]9[C@@H](O)C[C@@]87C)cn(C7CC7)c6c5OC)CC43)C(C)C2)c(F)cc2c(=O)c(C(=O)O)cn(C3CC3)c12. The minimum atomic E-state index is -1.90. The van der Waals surface area contributed by atoms with Gasteiger partial charge in [-0.3, -0.25) is 28.8 Å². The number of pyridine rings is 2. The van der Waals surface area contributed by atoms with Gasteiger partial charge in [-0.2, -0.15) is 0 Å². The van der Waals surface area contributed by atoms with Crippen molar-refractivity contribution in [2.75, 3.05) is 83.5 Å². The smallest absolute Gasteiger partial charge is 0.413 e. The number of allylic oxidation sites excluding steroid dienone is 4. The second-order valence-electron chi connectivity index (χ2n) is 27.9. The van der Waals surface area contributed by atoms with Gasteiger partial charge in [0.25, 0.3) is 0 Å². The van der Waals surface area contributed by atoms with Crippen molar-refractivity contribution in [2.24, 2.45) is 34.5 Å². The van der Waals surface area contributed by atoms with Crippen molar-refractivity contribution in [3.05, 3.63) is 91.5 Å². The van der Waals surface area contributed by atoms with Gasteiger partial charge in [0.15, 0.2) is 35.5 Å². The van der Waals surface area contributed by atoms with Gasteiger partial charge < -0.3 is 77.2 Å². The Hall–Kier alpha value is -8.92. The Labute approximate surface area is 554 Å². The van der Waals surface area contributed by atoms with Crippen molar-refractivity contribution in [1.29, 1.82) is 0 Å². The molecule has 5 saturated carbocycles. The predicted molar refractivity (Wildman–Crippen MR) is 339 cm³/mol. The highest BCUT2D eigenvalue weighted by atomic mass is 19.1. The first kappa shape index (κ1) is 66.7. The predicted octanol–water partition coefficient (Wildman–Crippen LogP) is 6.88. The fourth-order valence-electron chi connectivity index (χ4n) is 17.4. The van der Waals surface area contributed by atoms with Crippen LogP contribution in [0.5, 0.6) is 11.5 Å². The van der Waals surface area contributed by atoms with Crippen LogP contribution in [-0.2, 0) is 42.9 Å². The maximum Gasteiger partial charge on any atom is 0.413 e. The first-order chi connectivity index (χ1) is 46.3. The van der Waals surface area contributed by atoms with Crippen LogP contribution < -0.4 is 30.1 Å². The number of ether oxygens (including phenoxy) is 7. The number of likely N-dealkylation sites (tertiary alicyclic amines) is 1. The molecule has 6 aliphatic carbocycles. The monoisotopic (exact) mass is 1350 g/mol. The number of carbonyl (C=O) groups excluding carboxylic acids is 7. The second-order valence-corrected chi connectivity index (χ2v) is 27.9. The van der Waals surface area contributed by atoms with E-state index in [0.29, 0.717) is 44.9 Å². The number of carboxylic acids is 1. The van der Waals surface area contributed by atoms with Crippen LogP contribution in [0.4, 0.5) is 29.7 Å². The molecule has 26 nitrogen and oxygen atoms in total. The quantitative estimate of drug-likeness (QED) is 0.0519. The summed E-state index contributed by atoms with van der Waals surface area (Å²) in [5.74, 6) is -7.43. The molecule has 518 valence electrons. The average molecular weight is 1350 g/mol. The van der Waals surface area contributed by atoms with E-state index in [4.69, 9.17) is 33.2 Å². The van der Waals surface area contributed by atoms with Crippen molar-refractivity contribution in [3.8, 4) is 11.5 Å². The Kier molecular flexibility index (Phi) is 17.5. The lowest BCUT2D eigenvalue weighted by Gasteiger charge is -2.59. The zero-order valence-corrected chi connectivity index (χ0v) is 54.5. The van der Waals surface area contributed by atoms with Crippen LogP contribution >= 0.6 is 0 Å². The first-order valence-corrected chi connectivity index (χ1v) is 33.2. The van der Waals surface area contributed by atoms with Crippen LogP contribution in [0.15, 0.2) is 57.9 Å². The maximum atomic E-state index is 16.8. The summed E-state index contributed by atoms with van der Waals surface area (Å²) in [7, 11) is 2.67. The van der Waals surface area contributed by atoms with Gasteiger partial charge in [0.1, 0.15) is 28.1 Å². The molecule has 5 heterocycles. The molecule has 8 fully saturated rings. The van der Waals surface area contributed by atoms with Crippen LogP contribution in [0.3, 0.4) is 0 Å². The van der Waals surface area contributed by atoms with E-state index in [-0.39, 0.29) is 138 Å². The van der Waals surface area contributed by atoms with Crippen molar-refractivity contribution >= 4 is 80.8 Å². The third-order valence-electron chi connectivity index (χ3n) is 22.4. The molecule has 3 saturated heterocycles. The number of ketones is 2. The number of halogens is 2. The van der Waals surface area contributed by atoms with E-state index >= 15 is 8.78 Å². The van der Waals surface area contributed by atoms with Gasteiger partial charge in [-0.1, -0.05) is 25.5 Å². The van der Waals surface area contributed by atoms with Crippen LogP contribution in [0.25, 0.3) is 21.8 Å². The summed E-state index contributed by atoms with van der Waals surface area (Å²) in [6, 6.07) is 0.693. The molecule has 2 aromatic carbocycles. The number of Topliss-reactive ketones (excluding diaryl/α,β-unsaturated/α-hetero) is 1. The number of carboxylic acid groups (broad SMARTS) is 1. The fraction of sp³-hybridized carbons (Fsp3) is 0.565. The number of aliphatic hydroxyl groups excluding tert-OH is 1. The summed E-state index contributed by atoms with van der Waals surface area (Å²) in [5, 5.41) is 33.2. The lowest BCUT2D eigenvalue weighted by molar-refractivity contribution is -0.181. The number of rotatable bonds is 18. The van der Waals surface area contributed by atoms with E-state index in [1.54, 1.807) is 38.9 Å². The van der Waals surface area contributed by atoms with Crippen molar-refractivity contribution in [1.82, 2.24) is 18.9 Å². The highest BCUT2D eigenvalue weighted by Gasteiger charge is 2.68. The van der Waals surface area contributed by atoms with Crippen LogP contribution in [0.2, 0.25) is 0 Å². The number of aromatic carboxylic acids is 1. The van der Waals surface area contributed by atoms with Gasteiger partial charge in [-0.25, -0.2) is 28.0 Å². The number of nitrogens with zero attached hydrogens (tertiary/aromatic N) is 6. The van der Waals surface area contributed by atoms with Gasteiger partial charge in [0, 0.05) is 86.5 Å². The lowest BCUT2D eigenvalue weighted by Crippen LogP contribution is -2.61. The normalized spacial score (nSPS) is 28.1. The van der Waals surface area contributed by atoms with Crippen molar-refractivity contribution in [2.45, 2.75) is 140 Å². The number of esters is 3. The topological polar surface area (TPSA) is 319 Å². The molecule has 28 heteroatoms. The number of piperidine rings is 1. The molecular formula is C69H78F2N6O20. The number of methoxy groups -OCH3 is 2. The van der Waals surface area contributed by atoms with E-state index in [1.807, 2.05) is 13.0 Å². The molecular weight excluding hydrogens is 1270 g/mol. The molecule has 3 N–H and O–H groups in total. The average Bonchev–Trinajstić information content (AvgIpc) is 1.65. The van der Waals surface area contributed by atoms with E-state index in [0.717, 1.165) is 30.5 Å². The molecule has 4 aromatic rings. The summed E-state index contributed by atoms with van der Waals surface area (Å²) >= 11 is 0. The Bertz CT molecular complexity index is 4180. The van der Waals surface area contributed by atoms with Crippen LogP contribution in [0.1, 0.15) is 137 Å². The number of benzene rings is 2. The van der Waals surface area contributed by atoms with Gasteiger partial charge in [-0.15, -0.1) is 0 Å². The first-order valence-electron chi connectivity index (χ1n) is 33.2. The van der Waals surface area contributed by atoms with Gasteiger partial charge in [-0.05, 0) is 120 Å². The summed E-state index contributed by atoms with van der Waals surface area (Å²) < 4.78 is 74.4. The van der Waals surface area contributed by atoms with E-state index in [2.05, 4.69) is 0 Å². The largest absolute Gasteiger partial charge is 0.492 e.